The van der Waals surface area contributed by atoms with E-state index in [1.54, 1.807) is 13.8 Å². The van der Waals surface area contributed by atoms with Crippen molar-refractivity contribution in [1.29, 1.82) is 0 Å². The van der Waals surface area contributed by atoms with Crippen LogP contribution in [0, 0.1) is 0 Å². The van der Waals surface area contributed by atoms with E-state index in [-0.39, 0.29) is 18.4 Å². The molecule has 0 rings (SSSR count). The zero-order chi connectivity index (χ0) is 21.6. The molecule has 0 aromatic heterocycles. The van der Waals surface area contributed by atoms with Crippen LogP contribution in [0.5, 0.6) is 0 Å². The molecule has 5 nitrogen and oxygen atoms in total. The van der Waals surface area contributed by atoms with Gasteiger partial charge in [0.1, 0.15) is 6.04 Å². The summed E-state index contributed by atoms with van der Waals surface area (Å²) in [7, 11) is 0. The first-order valence-electron chi connectivity index (χ1n) is 12.2. The molecule has 29 heavy (non-hydrogen) atoms. The zero-order valence-electron chi connectivity index (χ0n) is 19.4. The van der Waals surface area contributed by atoms with Crippen molar-refractivity contribution < 1.29 is 19.1 Å². The van der Waals surface area contributed by atoms with Gasteiger partial charge in [-0.2, -0.15) is 0 Å². The Bertz CT molecular complexity index is 387. The highest BCUT2D eigenvalue weighted by molar-refractivity contribution is 5.82. The van der Waals surface area contributed by atoms with Crippen LogP contribution in [0.4, 0.5) is 0 Å². The van der Waals surface area contributed by atoms with Gasteiger partial charge in [0, 0.05) is 0 Å². The Morgan fingerprint density at radius 3 is 1.55 bits per heavy atom. The van der Waals surface area contributed by atoms with E-state index in [1.807, 2.05) is 0 Å². The smallest absolute Gasteiger partial charge is 0.323 e. The molecule has 0 heterocycles. The monoisotopic (exact) mass is 413 g/mol. The van der Waals surface area contributed by atoms with Crippen molar-refractivity contribution in [2.45, 2.75) is 123 Å². The summed E-state index contributed by atoms with van der Waals surface area (Å²) in [6.45, 7) is 7.17. The summed E-state index contributed by atoms with van der Waals surface area (Å²) in [5.41, 5.74) is 0. The first-order valence-corrected chi connectivity index (χ1v) is 12.2. The van der Waals surface area contributed by atoms with Crippen LogP contribution >= 0.6 is 0 Å². The molecular weight excluding hydrogens is 366 g/mol. The van der Waals surface area contributed by atoms with E-state index in [9.17, 15) is 9.59 Å². The number of esters is 2. The molecule has 0 bridgehead atoms. The van der Waals surface area contributed by atoms with E-state index < -0.39 is 6.04 Å². The Kier molecular flexibility index (Phi) is 20.8. The fourth-order valence-corrected chi connectivity index (χ4v) is 3.46. The third-order valence-electron chi connectivity index (χ3n) is 5.17. The van der Waals surface area contributed by atoms with Crippen molar-refractivity contribution in [2.24, 2.45) is 0 Å². The minimum atomic E-state index is -0.601. The van der Waals surface area contributed by atoms with Crippen molar-refractivity contribution in [1.82, 2.24) is 5.32 Å². The summed E-state index contributed by atoms with van der Waals surface area (Å²) < 4.78 is 9.99. The third-order valence-corrected chi connectivity index (χ3v) is 5.17. The predicted octanol–water partition coefficient (Wildman–Crippen LogP) is 5.94. The first-order chi connectivity index (χ1) is 14.2. The molecule has 172 valence electrons. The molecule has 0 saturated carbocycles. The van der Waals surface area contributed by atoms with E-state index in [0.717, 1.165) is 19.4 Å². The van der Waals surface area contributed by atoms with E-state index in [1.165, 1.54) is 77.0 Å². The van der Waals surface area contributed by atoms with Crippen LogP contribution in [0.15, 0.2) is 0 Å². The molecule has 0 unspecified atom stereocenters. The second-order valence-corrected chi connectivity index (χ2v) is 7.86. The zero-order valence-corrected chi connectivity index (χ0v) is 19.4. The lowest BCUT2D eigenvalue weighted by atomic mass is 10.0. The molecule has 0 aromatic rings. The van der Waals surface area contributed by atoms with Gasteiger partial charge >= 0.3 is 11.9 Å². The largest absolute Gasteiger partial charge is 0.466 e. The van der Waals surface area contributed by atoms with E-state index in [4.69, 9.17) is 9.47 Å². The number of carbonyl (C=O) groups is 2. The summed E-state index contributed by atoms with van der Waals surface area (Å²) in [5, 5.41) is 3.16. The second kappa shape index (κ2) is 21.6. The lowest BCUT2D eigenvalue weighted by Crippen LogP contribution is -2.40. The van der Waals surface area contributed by atoms with Crippen LogP contribution < -0.4 is 5.32 Å². The van der Waals surface area contributed by atoms with Gasteiger partial charge in [-0.3, -0.25) is 9.59 Å². The fraction of sp³-hybridized carbons (Fsp3) is 0.917. The first kappa shape index (κ1) is 27.9. The average Bonchev–Trinajstić information content (AvgIpc) is 2.70. The molecule has 0 fully saturated rings. The Hall–Kier alpha value is -1.10. The summed E-state index contributed by atoms with van der Waals surface area (Å²) in [6, 6.07) is -0.601. The number of hydrogen-bond donors (Lipinski definition) is 1. The van der Waals surface area contributed by atoms with Gasteiger partial charge in [0.25, 0.3) is 0 Å². The van der Waals surface area contributed by atoms with E-state index >= 15 is 0 Å². The topological polar surface area (TPSA) is 64.6 Å². The SMILES string of the molecule is CCCCCCCCCCCCCCCCN[C@@H](CC(=O)OCC)C(=O)OCC. The molecule has 0 aromatic carbocycles. The van der Waals surface area contributed by atoms with Gasteiger partial charge in [0.05, 0.1) is 19.6 Å². The number of rotatable bonds is 21. The number of unbranched alkanes of at least 4 members (excludes halogenated alkanes) is 13. The van der Waals surface area contributed by atoms with Crippen molar-refractivity contribution in [3.05, 3.63) is 0 Å². The molecule has 0 amide bonds. The Morgan fingerprint density at radius 1 is 0.655 bits per heavy atom. The molecule has 0 radical (unpaired) electrons. The lowest BCUT2D eigenvalue weighted by molar-refractivity contribution is -0.152. The lowest BCUT2D eigenvalue weighted by Gasteiger charge is -2.16. The van der Waals surface area contributed by atoms with Gasteiger partial charge < -0.3 is 14.8 Å². The molecule has 0 spiro atoms. The summed E-state index contributed by atoms with van der Waals surface area (Å²) in [5.74, 6) is -0.732. The predicted molar refractivity (Wildman–Crippen MR) is 120 cm³/mol. The average molecular weight is 414 g/mol. The van der Waals surface area contributed by atoms with Crippen molar-refractivity contribution in [3.8, 4) is 0 Å². The molecule has 0 aliphatic rings. The van der Waals surface area contributed by atoms with Gasteiger partial charge in [0.15, 0.2) is 0 Å². The Morgan fingerprint density at radius 2 is 1.10 bits per heavy atom. The molecule has 0 aliphatic carbocycles. The number of nitrogens with one attached hydrogen (secondary N) is 1. The highest BCUT2D eigenvalue weighted by Gasteiger charge is 2.23. The van der Waals surface area contributed by atoms with Gasteiger partial charge in [-0.05, 0) is 26.8 Å². The normalized spacial score (nSPS) is 12.0. The minimum absolute atomic E-state index is 0.0330. The number of hydrogen-bond acceptors (Lipinski definition) is 5. The van der Waals surface area contributed by atoms with Crippen molar-refractivity contribution in [2.75, 3.05) is 19.8 Å². The van der Waals surface area contributed by atoms with Gasteiger partial charge in [-0.1, -0.05) is 90.4 Å². The van der Waals surface area contributed by atoms with Crippen molar-refractivity contribution >= 4 is 11.9 Å². The third kappa shape index (κ3) is 18.7. The second-order valence-electron chi connectivity index (χ2n) is 7.86. The van der Waals surface area contributed by atoms with Crippen LogP contribution in [0.1, 0.15) is 117 Å². The maximum Gasteiger partial charge on any atom is 0.323 e. The van der Waals surface area contributed by atoms with Crippen LogP contribution in [-0.2, 0) is 19.1 Å². The standard InChI is InChI=1S/C24H47NO4/c1-4-7-8-9-10-11-12-13-14-15-16-17-18-19-20-25-22(24(27)29-6-3)21-23(26)28-5-2/h22,25H,4-21H2,1-3H3/t22-/m0/s1. The van der Waals surface area contributed by atoms with Crippen LogP contribution in [0.2, 0.25) is 0 Å². The van der Waals surface area contributed by atoms with Gasteiger partial charge in [0.2, 0.25) is 0 Å². The fourth-order valence-electron chi connectivity index (χ4n) is 3.46. The summed E-state index contributed by atoms with van der Waals surface area (Å²) in [6.07, 6.45) is 18.6. The van der Waals surface area contributed by atoms with E-state index in [0.29, 0.717) is 13.2 Å². The molecule has 5 heteroatoms. The molecule has 0 saturated heterocycles. The van der Waals surface area contributed by atoms with E-state index in [2.05, 4.69) is 12.2 Å². The van der Waals surface area contributed by atoms with Gasteiger partial charge in [-0.25, -0.2) is 0 Å². The molecular formula is C24H47NO4. The Labute approximate surface area is 179 Å². The molecule has 1 atom stereocenters. The summed E-state index contributed by atoms with van der Waals surface area (Å²) in [4.78, 5) is 23.6. The quantitative estimate of drug-likeness (QED) is 0.186. The van der Waals surface area contributed by atoms with Gasteiger partial charge in [-0.15, -0.1) is 0 Å². The van der Waals surface area contributed by atoms with Crippen LogP contribution in [0.25, 0.3) is 0 Å². The number of carbonyl (C=O) groups excluding carboxylic acids is 2. The van der Waals surface area contributed by atoms with Crippen molar-refractivity contribution in [3.63, 3.8) is 0 Å². The molecule has 1 N–H and O–H groups in total. The highest BCUT2D eigenvalue weighted by Crippen LogP contribution is 2.13. The Balaban J connectivity index is 3.59. The maximum atomic E-state index is 12.0. The van der Waals surface area contributed by atoms with Crippen LogP contribution in [0.3, 0.4) is 0 Å². The van der Waals surface area contributed by atoms with Crippen LogP contribution in [-0.4, -0.2) is 37.7 Å². The highest BCUT2D eigenvalue weighted by atomic mass is 16.5. The number of ether oxygens (including phenoxy) is 2. The minimum Gasteiger partial charge on any atom is -0.466 e. The maximum absolute atomic E-state index is 12.0. The summed E-state index contributed by atoms with van der Waals surface area (Å²) >= 11 is 0. The molecule has 0 aliphatic heterocycles.